The number of ether oxygens (including phenoxy) is 1. The Balaban J connectivity index is 2.25. The number of hydrogen-bond acceptors (Lipinski definition) is 4. The highest BCUT2D eigenvalue weighted by molar-refractivity contribution is 5.36. The normalized spacial score (nSPS) is 10.6. The summed E-state index contributed by atoms with van der Waals surface area (Å²) in [7, 11) is 1.63. The zero-order valence-electron chi connectivity index (χ0n) is 11.7. The molecule has 20 heavy (non-hydrogen) atoms. The van der Waals surface area contributed by atoms with Crippen molar-refractivity contribution in [3.05, 3.63) is 53.2 Å². The van der Waals surface area contributed by atoms with Gasteiger partial charge < -0.3 is 10.1 Å². The molecule has 0 fully saturated rings. The van der Waals surface area contributed by atoms with E-state index in [9.17, 15) is 4.39 Å². The van der Waals surface area contributed by atoms with E-state index in [0.717, 1.165) is 23.6 Å². The molecule has 0 unspecified atom stereocenters. The molecule has 5 heteroatoms. The van der Waals surface area contributed by atoms with Crippen molar-refractivity contribution in [3.63, 3.8) is 0 Å². The molecule has 2 aromatic rings. The quantitative estimate of drug-likeness (QED) is 0.880. The Morgan fingerprint density at radius 2 is 2.10 bits per heavy atom. The van der Waals surface area contributed by atoms with Crippen LogP contribution in [-0.4, -0.2) is 23.6 Å². The summed E-state index contributed by atoms with van der Waals surface area (Å²) < 4.78 is 18.3. The van der Waals surface area contributed by atoms with Gasteiger partial charge >= 0.3 is 0 Å². The van der Waals surface area contributed by atoms with E-state index in [2.05, 4.69) is 15.3 Å². The predicted octanol–water partition coefficient (Wildman–Crippen LogP) is 2.78. The van der Waals surface area contributed by atoms with Gasteiger partial charge in [-0.15, -0.1) is 0 Å². The Hall–Kier alpha value is -2.01. The number of anilines is 1. The molecule has 1 N–H and O–H groups in total. The standard InChI is InChI=1S/C15H18FN3O/c1-3-17-14-9-13(10-20-2)18-15(19-14)8-11-5-4-6-12(16)7-11/h4-7,9H,3,8,10H2,1-2H3,(H,17,18,19). The van der Waals surface area contributed by atoms with Crippen molar-refractivity contribution in [2.75, 3.05) is 19.0 Å². The number of benzene rings is 1. The van der Waals surface area contributed by atoms with E-state index >= 15 is 0 Å². The second-order valence-corrected chi connectivity index (χ2v) is 4.43. The minimum atomic E-state index is -0.248. The van der Waals surface area contributed by atoms with Crippen LogP contribution in [0.15, 0.2) is 30.3 Å². The van der Waals surface area contributed by atoms with Crippen LogP contribution in [-0.2, 0) is 17.8 Å². The summed E-state index contributed by atoms with van der Waals surface area (Å²) in [6, 6.07) is 8.34. The lowest BCUT2D eigenvalue weighted by atomic mass is 10.1. The summed E-state index contributed by atoms with van der Waals surface area (Å²) in [5.41, 5.74) is 1.66. The van der Waals surface area contributed by atoms with Crippen LogP contribution in [0.25, 0.3) is 0 Å². The van der Waals surface area contributed by atoms with Crippen LogP contribution in [0.4, 0.5) is 10.2 Å². The second-order valence-electron chi connectivity index (χ2n) is 4.43. The molecule has 4 nitrogen and oxygen atoms in total. The molecule has 2 rings (SSSR count). The van der Waals surface area contributed by atoms with Gasteiger partial charge in [-0.3, -0.25) is 0 Å². The third-order valence-corrected chi connectivity index (χ3v) is 2.73. The first-order chi connectivity index (χ1) is 9.71. The minimum absolute atomic E-state index is 0.248. The number of halogens is 1. The lowest BCUT2D eigenvalue weighted by Crippen LogP contribution is -2.07. The van der Waals surface area contributed by atoms with E-state index in [4.69, 9.17) is 4.74 Å². The first-order valence-corrected chi connectivity index (χ1v) is 6.55. The van der Waals surface area contributed by atoms with Crippen molar-refractivity contribution in [3.8, 4) is 0 Å². The van der Waals surface area contributed by atoms with Gasteiger partial charge in [-0.1, -0.05) is 12.1 Å². The first-order valence-electron chi connectivity index (χ1n) is 6.55. The van der Waals surface area contributed by atoms with Crippen molar-refractivity contribution >= 4 is 5.82 Å². The lowest BCUT2D eigenvalue weighted by molar-refractivity contribution is 0.181. The van der Waals surface area contributed by atoms with E-state index in [1.54, 1.807) is 13.2 Å². The smallest absolute Gasteiger partial charge is 0.135 e. The van der Waals surface area contributed by atoms with Gasteiger partial charge in [0.2, 0.25) is 0 Å². The van der Waals surface area contributed by atoms with Gasteiger partial charge in [0.15, 0.2) is 0 Å². The molecule has 0 spiro atoms. The molecule has 0 aliphatic rings. The second kappa shape index (κ2) is 6.96. The Morgan fingerprint density at radius 1 is 1.25 bits per heavy atom. The molecule has 0 saturated heterocycles. The Bertz CT molecular complexity index is 551. The van der Waals surface area contributed by atoms with Gasteiger partial charge in [-0.05, 0) is 24.6 Å². The highest BCUT2D eigenvalue weighted by Gasteiger charge is 2.06. The molecule has 0 bridgehead atoms. The fourth-order valence-electron chi connectivity index (χ4n) is 1.95. The molecule has 0 saturated carbocycles. The maximum absolute atomic E-state index is 13.2. The molecule has 1 aromatic carbocycles. The average molecular weight is 275 g/mol. The van der Waals surface area contributed by atoms with Crippen molar-refractivity contribution in [1.29, 1.82) is 0 Å². The average Bonchev–Trinajstić information content (AvgIpc) is 2.39. The maximum Gasteiger partial charge on any atom is 0.135 e. The first kappa shape index (κ1) is 14.4. The van der Waals surface area contributed by atoms with Gasteiger partial charge in [0.1, 0.15) is 17.5 Å². The van der Waals surface area contributed by atoms with E-state index in [1.807, 2.05) is 19.1 Å². The molecule has 0 aliphatic carbocycles. The highest BCUT2D eigenvalue weighted by atomic mass is 19.1. The molecule has 0 atom stereocenters. The van der Waals surface area contributed by atoms with Gasteiger partial charge in [0.05, 0.1) is 12.3 Å². The van der Waals surface area contributed by atoms with Crippen molar-refractivity contribution < 1.29 is 9.13 Å². The number of hydrogen-bond donors (Lipinski definition) is 1. The zero-order valence-corrected chi connectivity index (χ0v) is 11.7. The summed E-state index contributed by atoms with van der Waals surface area (Å²) in [6.07, 6.45) is 0.494. The van der Waals surface area contributed by atoms with Crippen molar-refractivity contribution in [2.45, 2.75) is 20.0 Å². The maximum atomic E-state index is 13.2. The van der Waals surface area contributed by atoms with Gasteiger partial charge in [0.25, 0.3) is 0 Å². The fraction of sp³-hybridized carbons (Fsp3) is 0.333. The Morgan fingerprint density at radius 3 is 2.80 bits per heavy atom. The van der Waals surface area contributed by atoms with Crippen LogP contribution < -0.4 is 5.32 Å². The van der Waals surface area contributed by atoms with Crippen LogP contribution in [0.1, 0.15) is 24.0 Å². The number of rotatable bonds is 6. The zero-order chi connectivity index (χ0) is 14.4. The number of methoxy groups -OCH3 is 1. The van der Waals surface area contributed by atoms with Crippen LogP contribution in [0.5, 0.6) is 0 Å². The molecular formula is C15H18FN3O. The van der Waals surface area contributed by atoms with Crippen LogP contribution in [0.3, 0.4) is 0 Å². The summed E-state index contributed by atoms with van der Waals surface area (Å²) >= 11 is 0. The molecule has 106 valence electrons. The molecule has 0 amide bonds. The SMILES string of the molecule is CCNc1cc(COC)nc(Cc2cccc(F)c2)n1. The van der Waals surface area contributed by atoms with Crippen molar-refractivity contribution in [2.24, 2.45) is 0 Å². The monoisotopic (exact) mass is 275 g/mol. The Kier molecular flexibility index (Phi) is 5.01. The summed E-state index contributed by atoms with van der Waals surface area (Å²) in [5, 5.41) is 3.16. The van der Waals surface area contributed by atoms with Crippen LogP contribution in [0.2, 0.25) is 0 Å². The molecule has 0 aliphatic heterocycles. The van der Waals surface area contributed by atoms with Gasteiger partial charge in [-0.25, -0.2) is 14.4 Å². The third kappa shape index (κ3) is 3.99. The Labute approximate surface area is 118 Å². The summed E-state index contributed by atoms with van der Waals surface area (Å²) in [5.74, 6) is 1.17. The van der Waals surface area contributed by atoms with Crippen molar-refractivity contribution in [1.82, 2.24) is 9.97 Å². The lowest BCUT2D eigenvalue weighted by Gasteiger charge is -2.08. The van der Waals surface area contributed by atoms with E-state index in [1.165, 1.54) is 12.1 Å². The van der Waals surface area contributed by atoms with Crippen LogP contribution in [0, 0.1) is 5.82 Å². The third-order valence-electron chi connectivity index (χ3n) is 2.73. The number of nitrogens with one attached hydrogen (secondary N) is 1. The topological polar surface area (TPSA) is 47.0 Å². The van der Waals surface area contributed by atoms with Gasteiger partial charge in [0, 0.05) is 26.1 Å². The van der Waals surface area contributed by atoms with Gasteiger partial charge in [-0.2, -0.15) is 0 Å². The molecular weight excluding hydrogens is 257 g/mol. The van der Waals surface area contributed by atoms with E-state index < -0.39 is 0 Å². The molecule has 0 radical (unpaired) electrons. The highest BCUT2D eigenvalue weighted by Crippen LogP contribution is 2.12. The minimum Gasteiger partial charge on any atom is -0.378 e. The summed E-state index contributed by atoms with van der Waals surface area (Å²) in [6.45, 7) is 3.21. The van der Waals surface area contributed by atoms with E-state index in [-0.39, 0.29) is 5.82 Å². The fourth-order valence-corrected chi connectivity index (χ4v) is 1.95. The van der Waals surface area contributed by atoms with E-state index in [0.29, 0.717) is 18.9 Å². The predicted molar refractivity (Wildman–Crippen MR) is 76.1 cm³/mol. The number of nitrogens with zero attached hydrogens (tertiary/aromatic N) is 2. The molecule has 1 heterocycles. The molecule has 1 aromatic heterocycles. The summed E-state index contributed by atoms with van der Waals surface area (Å²) in [4.78, 5) is 8.86. The van der Waals surface area contributed by atoms with Crippen LogP contribution >= 0.6 is 0 Å². The largest absolute Gasteiger partial charge is 0.378 e. The number of aromatic nitrogens is 2.